The molecule has 0 aliphatic carbocycles. The third kappa shape index (κ3) is 2.29. The second-order valence-corrected chi connectivity index (χ2v) is 3.34. The summed E-state index contributed by atoms with van der Waals surface area (Å²) in [6.07, 6.45) is 1.58. The Morgan fingerprint density at radius 2 is 2.13 bits per heavy atom. The van der Waals surface area contributed by atoms with Crippen LogP contribution in [0.15, 0.2) is 0 Å². The van der Waals surface area contributed by atoms with E-state index in [4.69, 9.17) is 5.73 Å². The normalized spacial score (nSPS) is 10.3. The van der Waals surface area contributed by atoms with Crippen LogP contribution in [-0.4, -0.2) is 22.7 Å². The van der Waals surface area contributed by atoms with Gasteiger partial charge in [0.15, 0.2) is 0 Å². The molecule has 5 heteroatoms. The fraction of sp³-hybridized carbons (Fsp3) is 0.600. The monoisotopic (exact) mass is 210 g/mol. The number of carbonyl (C=O) groups excluding carboxylic acids is 1. The summed E-state index contributed by atoms with van der Waals surface area (Å²) >= 11 is 0. The predicted molar refractivity (Wildman–Crippen MR) is 59.5 cm³/mol. The molecule has 0 spiro atoms. The van der Waals surface area contributed by atoms with Crippen molar-refractivity contribution in [3.8, 4) is 0 Å². The van der Waals surface area contributed by atoms with Gasteiger partial charge >= 0.3 is 0 Å². The summed E-state index contributed by atoms with van der Waals surface area (Å²) in [6, 6.07) is 0. The molecule has 0 aliphatic heterocycles. The largest absolute Gasteiger partial charge is 0.396 e. The van der Waals surface area contributed by atoms with Gasteiger partial charge in [-0.25, -0.2) is 0 Å². The van der Waals surface area contributed by atoms with E-state index in [0.29, 0.717) is 0 Å². The first kappa shape index (κ1) is 11.6. The van der Waals surface area contributed by atoms with Crippen molar-refractivity contribution in [2.45, 2.75) is 33.2 Å². The van der Waals surface area contributed by atoms with Gasteiger partial charge in [0, 0.05) is 7.05 Å². The molecule has 0 atom stereocenters. The highest BCUT2D eigenvalue weighted by Crippen LogP contribution is 2.18. The van der Waals surface area contributed by atoms with E-state index in [1.165, 1.54) is 0 Å². The number of likely N-dealkylation sites (N-methyl/N-ethyl adjacent to an activating group) is 1. The molecule has 0 fully saturated rings. The first-order chi connectivity index (χ1) is 7.13. The number of nitrogens with one attached hydrogen (secondary N) is 1. The Kier molecular flexibility index (Phi) is 3.71. The van der Waals surface area contributed by atoms with E-state index in [9.17, 15) is 4.79 Å². The van der Waals surface area contributed by atoms with Crippen molar-refractivity contribution < 1.29 is 4.79 Å². The topological polar surface area (TPSA) is 72.9 Å². The van der Waals surface area contributed by atoms with E-state index in [1.807, 2.05) is 13.8 Å². The summed E-state index contributed by atoms with van der Waals surface area (Å²) in [5, 5.41) is 6.89. The number of nitrogens with zero attached hydrogens (tertiary/aromatic N) is 2. The maximum Gasteiger partial charge on any atom is 0.241 e. The summed E-state index contributed by atoms with van der Waals surface area (Å²) in [6.45, 7) is 4.25. The zero-order chi connectivity index (χ0) is 11.4. The van der Waals surface area contributed by atoms with Crippen LogP contribution in [0.4, 0.5) is 5.69 Å². The lowest BCUT2D eigenvalue weighted by atomic mass is 10.2. The molecular weight excluding hydrogens is 192 g/mol. The summed E-state index contributed by atoms with van der Waals surface area (Å²) < 4.78 is 1.69. The van der Waals surface area contributed by atoms with Crippen molar-refractivity contribution in [3.05, 3.63) is 11.4 Å². The van der Waals surface area contributed by atoms with E-state index in [0.717, 1.165) is 29.9 Å². The van der Waals surface area contributed by atoms with E-state index < -0.39 is 0 Å². The van der Waals surface area contributed by atoms with E-state index in [2.05, 4.69) is 10.4 Å². The van der Waals surface area contributed by atoms with Gasteiger partial charge < -0.3 is 11.1 Å². The molecule has 0 saturated carbocycles. The maximum atomic E-state index is 11.2. The summed E-state index contributed by atoms with van der Waals surface area (Å²) in [5.74, 6) is -0.0603. The Balaban J connectivity index is 3.01. The number of nitrogen functional groups attached to an aromatic ring is 1. The lowest BCUT2D eigenvalue weighted by Crippen LogP contribution is -2.25. The molecule has 0 aliphatic rings. The van der Waals surface area contributed by atoms with Gasteiger partial charge in [0.1, 0.15) is 6.54 Å². The Morgan fingerprint density at radius 1 is 1.47 bits per heavy atom. The number of carbonyl (C=O) groups is 1. The Hall–Kier alpha value is -1.52. The summed E-state index contributed by atoms with van der Waals surface area (Å²) in [4.78, 5) is 11.2. The van der Waals surface area contributed by atoms with Crippen LogP contribution < -0.4 is 11.1 Å². The first-order valence-corrected chi connectivity index (χ1v) is 5.18. The molecule has 1 rings (SSSR count). The standard InChI is InChI=1S/C10H18N4O/c1-4-7-10(11)8(5-2)14(13-7)6-9(15)12-3/h4-6,11H2,1-3H3,(H,12,15). The lowest BCUT2D eigenvalue weighted by Gasteiger charge is -2.04. The Labute approximate surface area is 89.6 Å². The number of nitrogens with two attached hydrogens (primary N) is 1. The van der Waals surface area contributed by atoms with Gasteiger partial charge in [-0.2, -0.15) is 5.10 Å². The molecular formula is C10H18N4O. The predicted octanol–water partition coefficient (Wildman–Crippen LogP) is 0.336. The molecule has 3 N–H and O–H groups in total. The van der Waals surface area contributed by atoms with Crippen molar-refractivity contribution >= 4 is 11.6 Å². The molecule has 5 nitrogen and oxygen atoms in total. The molecule has 15 heavy (non-hydrogen) atoms. The summed E-state index contributed by atoms with van der Waals surface area (Å²) in [7, 11) is 1.61. The highest BCUT2D eigenvalue weighted by molar-refractivity contribution is 5.75. The molecule has 0 aromatic carbocycles. The summed E-state index contributed by atoms with van der Waals surface area (Å²) in [5.41, 5.74) is 8.46. The third-order valence-corrected chi connectivity index (χ3v) is 2.42. The molecule has 1 aromatic rings. The number of aryl methyl sites for hydroxylation is 1. The van der Waals surface area contributed by atoms with Crippen LogP contribution in [0.1, 0.15) is 25.2 Å². The first-order valence-electron chi connectivity index (χ1n) is 5.18. The molecule has 0 bridgehead atoms. The SMILES string of the molecule is CCc1nn(CC(=O)NC)c(CC)c1N. The lowest BCUT2D eigenvalue weighted by molar-refractivity contribution is -0.121. The van der Waals surface area contributed by atoms with Crippen LogP contribution in [0, 0.1) is 0 Å². The average molecular weight is 210 g/mol. The van der Waals surface area contributed by atoms with Crippen LogP contribution in [-0.2, 0) is 24.2 Å². The number of hydrogen-bond acceptors (Lipinski definition) is 3. The van der Waals surface area contributed by atoms with Crippen LogP contribution >= 0.6 is 0 Å². The molecule has 1 aromatic heterocycles. The van der Waals surface area contributed by atoms with Crippen molar-refractivity contribution in [1.29, 1.82) is 0 Å². The van der Waals surface area contributed by atoms with Crippen LogP contribution in [0.2, 0.25) is 0 Å². The number of anilines is 1. The molecule has 1 amide bonds. The van der Waals surface area contributed by atoms with Gasteiger partial charge in [0.2, 0.25) is 5.91 Å². The van der Waals surface area contributed by atoms with Gasteiger partial charge in [-0.15, -0.1) is 0 Å². The minimum atomic E-state index is -0.0603. The highest BCUT2D eigenvalue weighted by atomic mass is 16.1. The van der Waals surface area contributed by atoms with Crippen LogP contribution in [0.25, 0.3) is 0 Å². The number of rotatable bonds is 4. The molecule has 0 radical (unpaired) electrons. The molecule has 84 valence electrons. The second-order valence-electron chi connectivity index (χ2n) is 3.34. The van der Waals surface area contributed by atoms with Crippen LogP contribution in [0.5, 0.6) is 0 Å². The Morgan fingerprint density at radius 3 is 2.60 bits per heavy atom. The molecule has 0 unspecified atom stereocenters. The second kappa shape index (κ2) is 4.82. The van der Waals surface area contributed by atoms with Gasteiger partial charge in [0.05, 0.1) is 17.1 Å². The fourth-order valence-electron chi connectivity index (χ4n) is 1.55. The molecule has 0 saturated heterocycles. The van der Waals surface area contributed by atoms with Gasteiger partial charge in [0.25, 0.3) is 0 Å². The maximum absolute atomic E-state index is 11.2. The van der Waals surface area contributed by atoms with E-state index >= 15 is 0 Å². The molecule has 1 heterocycles. The number of aromatic nitrogens is 2. The van der Waals surface area contributed by atoms with E-state index in [1.54, 1.807) is 11.7 Å². The quantitative estimate of drug-likeness (QED) is 0.752. The highest BCUT2D eigenvalue weighted by Gasteiger charge is 2.13. The zero-order valence-corrected chi connectivity index (χ0v) is 9.50. The third-order valence-electron chi connectivity index (χ3n) is 2.42. The van der Waals surface area contributed by atoms with E-state index in [-0.39, 0.29) is 12.5 Å². The van der Waals surface area contributed by atoms with Crippen LogP contribution in [0.3, 0.4) is 0 Å². The van der Waals surface area contributed by atoms with Crippen molar-refractivity contribution in [3.63, 3.8) is 0 Å². The van der Waals surface area contributed by atoms with Crippen molar-refractivity contribution in [1.82, 2.24) is 15.1 Å². The minimum Gasteiger partial charge on any atom is -0.396 e. The number of hydrogen-bond donors (Lipinski definition) is 2. The van der Waals surface area contributed by atoms with Gasteiger partial charge in [-0.3, -0.25) is 9.48 Å². The minimum absolute atomic E-state index is 0.0603. The Bertz CT molecular complexity index is 357. The van der Waals surface area contributed by atoms with Crippen molar-refractivity contribution in [2.24, 2.45) is 0 Å². The number of amides is 1. The zero-order valence-electron chi connectivity index (χ0n) is 9.50. The van der Waals surface area contributed by atoms with Gasteiger partial charge in [-0.05, 0) is 12.8 Å². The smallest absolute Gasteiger partial charge is 0.241 e. The fourth-order valence-corrected chi connectivity index (χ4v) is 1.55. The average Bonchev–Trinajstić information content (AvgIpc) is 2.54. The van der Waals surface area contributed by atoms with Gasteiger partial charge in [-0.1, -0.05) is 13.8 Å². The van der Waals surface area contributed by atoms with Crippen molar-refractivity contribution in [2.75, 3.05) is 12.8 Å².